The third kappa shape index (κ3) is 4.71. The van der Waals surface area contributed by atoms with Crippen molar-refractivity contribution in [1.29, 1.82) is 5.26 Å². The topological polar surface area (TPSA) is 23.8 Å². The van der Waals surface area contributed by atoms with Crippen LogP contribution < -0.4 is 10.4 Å². The highest BCUT2D eigenvalue weighted by atomic mass is 28.3. The molecule has 0 saturated heterocycles. The molecule has 0 radical (unpaired) electrons. The zero-order chi connectivity index (χ0) is 22.5. The molecule has 0 aromatic heterocycles. The molecule has 0 aliphatic heterocycles. The first-order chi connectivity index (χ1) is 14.8. The second-order valence-electron chi connectivity index (χ2n) is 9.01. The number of allylic oxidation sites excluding steroid dienone is 2. The van der Waals surface area contributed by atoms with Crippen molar-refractivity contribution < 1.29 is 0 Å². The van der Waals surface area contributed by atoms with Gasteiger partial charge in [-0.2, -0.15) is 5.26 Å². The molecule has 0 unspecified atom stereocenters. The summed E-state index contributed by atoms with van der Waals surface area (Å²) in [7, 11) is -4.02. The summed E-state index contributed by atoms with van der Waals surface area (Å²) in [5, 5.41) is 14.8. The molecule has 0 spiro atoms. The Bertz CT molecular complexity index is 1100. The summed E-state index contributed by atoms with van der Waals surface area (Å²) in [5.41, 5.74) is 2.32. The van der Waals surface area contributed by atoms with Crippen LogP contribution in [0.1, 0.15) is 11.1 Å². The highest BCUT2D eigenvalue weighted by Crippen LogP contribution is 2.34. The molecular formula is C28H31NSi2. The van der Waals surface area contributed by atoms with Gasteiger partial charge in [-0.05, 0) is 16.3 Å². The first-order valence-electron chi connectivity index (χ1n) is 10.8. The zero-order valence-corrected chi connectivity index (χ0v) is 21.0. The van der Waals surface area contributed by atoms with Crippen LogP contribution in [0.3, 0.4) is 0 Å². The van der Waals surface area contributed by atoms with Gasteiger partial charge in [0.15, 0.2) is 0 Å². The van der Waals surface area contributed by atoms with E-state index in [1.54, 1.807) is 0 Å². The van der Waals surface area contributed by atoms with Crippen LogP contribution in [0.4, 0.5) is 0 Å². The standard InChI is InChI=1S/C28H31NSi2/c1-6-27(30(2,3)25-13-9-7-10-14-25)28(24-19-17-23(18-20-24)21-22-29)31(4,5)26-15-11-8-12-16-26/h6-20H,1,21H2,2-5H3/b28-27+. The Hall–Kier alpha value is -2.94. The predicted molar refractivity (Wildman–Crippen MR) is 140 cm³/mol. The molecule has 1 nitrogen and oxygen atoms in total. The highest BCUT2D eigenvalue weighted by Gasteiger charge is 2.37. The van der Waals surface area contributed by atoms with E-state index in [1.165, 1.54) is 26.3 Å². The van der Waals surface area contributed by atoms with Crippen LogP contribution in [0.2, 0.25) is 26.2 Å². The van der Waals surface area contributed by atoms with Crippen molar-refractivity contribution >= 4 is 31.7 Å². The maximum atomic E-state index is 9.07. The Morgan fingerprint density at radius 1 is 0.774 bits per heavy atom. The van der Waals surface area contributed by atoms with Crippen molar-refractivity contribution in [3.8, 4) is 6.07 Å². The molecular weight excluding hydrogens is 406 g/mol. The van der Waals surface area contributed by atoms with Crippen LogP contribution in [0.15, 0.2) is 103 Å². The van der Waals surface area contributed by atoms with Gasteiger partial charge in [0, 0.05) is 0 Å². The van der Waals surface area contributed by atoms with E-state index >= 15 is 0 Å². The fourth-order valence-electron chi connectivity index (χ4n) is 4.41. The lowest BCUT2D eigenvalue weighted by Crippen LogP contribution is -2.49. The number of hydrogen-bond donors (Lipinski definition) is 0. The summed E-state index contributed by atoms with van der Waals surface area (Å²) >= 11 is 0. The number of benzene rings is 3. The first kappa shape index (κ1) is 22.7. The average Bonchev–Trinajstić information content (AvgIpc) is 2.79. The normalized spacial score (nSPS) is 12.6. The van der Waals surface area contributed by atoms with Crippen molar-refractivity contribution in [2.45, 2.75) is 32.6 Å². The van der Waals surface area contributed by atoms with E-state index in [9.17, 15) is 0 Å². The second kappa shape index (κ2) is 9.47. The van der Waals surface area contributed by atoms with Gasteiger partial charge in [0.05, 0.1) is 12.5 Å². The number of rotatable bonds is 7. The van der Waals surface area contributed by atoms with Crippen LogP contribution in [-0.4, -0.2) is 16.1 Å². The number of hydrogen-bond acceptors (Lipinski definition) is 1. The first-order valence-corrected chi connectivity index (χ1v) is 16.8. The van der Waals surface area contributed by atoms with Crippen molar-refractivity contribution in [2.24, 2.45) is 0 Å². The van der Waals surface area contributed by atoms with Crippen LogP contribution >= 0.6 is 0 Å². The molecule has 0 aliphatic carbocycles. The highest BCUT2D eigenvalue weighted by molar-refractivity contribution is 7.08. The van der Waals surface area contributed by atoms with Crippen molar-refractivity contribution in [3.63, 3.8) is 0 Å². The van der Waals surface area contributed by atoms with Gasteiger partial charge in [-0.3, -0.25) is 0 Å². The van der Waals surface area contributed by atoms with Gasteiger partial charge >= 0.3 is 0 Å². The number of nitriles is 1. The second-order valence-corrected chi connectivity index (χ2v) is 17.7. The van der Waals surface area contributed by atoms with Gasteiger partial charge in [0.1, 0.15) is 16.1 Å². The molecule has 0 saturated carbocycles. The fraction of sp³-hybridized carbons (Fsp3) is 0.179. The van der Waals surface area contributed by atoms with E-state index < -0.39 is 16.1 Å². The van der Waals surface area contributed by atoms with Crippen LogP contribution in [0, 0.1) is 11.3 Å². The quantitative estimate of drug-likeness (QED) is 0.328. The van der Waals surface area contributed by atoms with E-state index in [0.717, 1.165) is 5.56 Å². The summed E-state index contributed by atoms with van der Waals surface area (Å²) in [6.07, 6.45) is 2.56. The minimum atomic E-state index is -2.03. The molecule has 3 aromatic carbocycles. The Labute approximate surface area is 189 Å². The predicted octanol–water partition coefficient (Wildman–Crippen LogP) is 6.00. The van der Waals surface area contributed by atoms with Crippen LogP contribution in [0.25, 0.3) is 5.20 Å². The lowest BCUT2D eigenvalue weighted by Gasteiger charge is -2.35. The van der Waals surface area contributed by atoms with Crippen molar-refractivity contribution in [3.05, 3.63) is 114 Å². The maximum Gasteiger partial charge on any atom is 0.112 e. The Kier molecular flexibility index (Phi) is 6.95. The van der Waals surface area contributed by atoms with Gasteiger partial charge in [0.2, 0.25) is 0 Å². The van der Waals surface area contributed by atoms with Crippen LogP contribution in [0.5, 0.6) is 0 Å². The number of nitrogens with zero attached hydrogens (tertiary/aromatic N) is 1. The zero-order valence-electron chi connectivity index (χ0n) is 19.0. The smallest absolute Gasteiger partial charge is 0.112 e. The van der Waals surface area contributed by atoms with Gasteiger partial charge < -0.3 is 0 Å². The third-order valence-corrected chi connectivity index (χ3v) is 13.7. The van der Waals surface area contributed by atoms with E-state index in [0.29, 0.717) is 6.42 Å². The van der Waals surface area contributed by atoms with Gasteiger partial charge in [-0.25, -0.2) is 0 Å². The Morgan fingerprint density at radius 2 is 1.26 bits per heavy atom. The van der Waals surface area contributed by atoms with E-state index in [-0.39, 0.29) is 0 Å². The molecule has 0 aliphatic rings. The maximum absolute atomic E-state index is 9.07. The summed E-state index contributed by atoms with van der Waals surface area (Å²) < 4.78 is 0. The SMILES string of the molecule is C=C/C(=C(/c1ccc(CC#N)cc1)[Si](C)(C)c1ccccc1)[Si](C)(C)c1ccccc1. The molecule has 0 heterocycles. The molecule has 31 heavy (non-hydrogen) atoms. The fourth-order valence-corrected chi connectivity index (χ4v) is 11.9. The average molecular weight is 438 g/mol. The molecule has 156 valence electrons. The van der Waals surface area contributed by atoms with Gasteiger partial charge in [-0.1, -0.05) is 139 Å². The molecule has 3 aromatic rings. The molecule has 0 bridgehead atoms. The minimum absolute atomic E-state index is 0.442. The molecule has 0 atom stereocenters. The summed E-state index contributed by atoms with van der Waals surface area (Å²) in [6, 6.07) is 32.7. The summed E-state index contributed by atoms with van der Waals surface area (Å²) in [5.74, 6) is 0. The minimum Gasteiger partial charge on any atom is -0.198 e. The summed E-state index contributed by atoms with van der Waals surface area (Å²) in [6.45, 7) is 14.1. The third-order valence-electron chi connectivity index (χ3n) is 6.29. The molecule has 3 rings (SSSR count). The molecule has 0 N–H and O–H groups in total. The lowest BCUT2D eigenvalue weighted by molar-refractivity contribution is 1.26. The van der Waals surface area contributed by atoms with Crippen molar-refractivity contribution in [1.82, 2.24) is 0 Å². The summed E-state index contributed by atoms with van der Waals surface area (Å²) in [4.78, 5) is 0. The van der Waals surface area contributed by atoms with E-state index in [2.05, 4.69) is 130 Å². The molecule has 0 amide bonds. The Morgan fingerprint density at radius 3 is 1.71 bits per heavy atom. The van der Waals surface area contributed by atoms with Gasteiger partial charge in [-0.15, -0.1) is 0 Å². The lowest BCUT2D eigenvalue weighted by atomic mass is 10.1. The Balaban J connectivity index is 2.31. The van der Waals surface area contributed by atoms with Gasteiger partial charge in [0.25, 0.3) is 0 Å². The van der Waals surface area contributed by atoms with Crippen LogP contribution in [-0.2, 0) is 6.42 Å². The largest absolute Gasteiger partial charge is 0.198 e. The molecule has 3 heteroatoms. The molecule has 0 fully saturated rings. The van der Waals surface area contributed by atoms with E-state index in [1.807, 2.05) is 0 Å². The van der Waals surface area contributed by atoms with E-state index in [4.69, 9.17) is 5.26 Å². The van der Waals surface area contributed by atoms with Crippen molar-refractivity contribution in [2.75, 3.05) is 0 Å². The monoisotopic (exact) mass is 437 g/mol.